The summed E-state index contributed by atoms with van der Waals surface area (Å²) in [5.74, 6) is 0.883. The maximum atomic E-state index is 12.0. The molecule has 7 heteroatoms. The minimum Gasteiger partial charge on any atom is -0.459 e. The van der Waals surface area contributed by atoms with Crippen LogP contribution in [-0.4, -0.2) is 30.6 Å². The van der Waals surface area contributed by atoms with Gasteiger partial charge in [-0.3, -0.25) is 9.35 Å². The highest BCUT2D eigenvalue weighted by molar-refractivity contribution is 7.80. The number of esters is 1. The molecule has 4 saturated carbocycles. The first-order valence-corrected chi connectivity index (χ1v) is 12.5. The van der Waals surface area contributed by atoms with Gasteiger partial charge in [0.05, 0.1) is 6.10 Å². The second kappa shape index (κ2) is 5.57. The molecule has 1 aliphatic heterocycles. The van der Waals surface area contributed by atoms with Crippen molar-refractivity contribution in [2.75, 3.05) is 0 Å². The van der Waals surface area contributed by atoms with E-state index in [4.69, 9.17) is 8.92 Å². The average Bonchev–Trinajstić information content (AvgIpc) is 2.89. The molecule has 7 atom stereocenters. The highest BCUT2D eigenvalue weighted by Crippen LogP contribution is 2.88. The minimum atomic E-state index is -4.46. The number of cyclic esters (lactones) is 1. The van der Waals surface area contributed by atoms with Gasteiger partial charge in [-0.15, -0.1) is 0 Å². The Balaban J connectivity index is 1.46. The van der Waals surface area contributed by atoms with Crippen molar-refractivity contribution in [3.05, 3.63) is 0 Å². The van der Waals surface area contributed by atoms with Crippen molar-refractivity contribution in [3.8, 4) is 0 Å². The lowest BCUT2D eigenvalue weighted by atomic mass is 9.45. The molecule has 0 amide bonds. The molecule has 6 unspecified atom stereocenters. The number of ether oxygens (including phenoxy) is 1. The van der Waals surface area contributed by atoms with Crippen LogP contribution in [0.15, 0.2) is 0 Å². The van der Waals surface area contributed by atoms with Crippen LogP contribution in [0.3, 0.4) is 0 Å². The minimum absolute atomic E-state index is 0.0451. The summed E-state index contributed by atoms with van der Waals surface area (Å²) in [4.78, 5) is 12.0. The molecule has 1 heterocycles. The number of carbonyl (C=O) groups is 1. The summed E-state index contributed by atoms with van der Waals surface area (Å²) >= 11 is 0. The summed E-state index contributed by atoms with van der Waals surface area (Å²) in [5, 5.41) is 0. The van der Waals surface area contributed by atoms with Gasteiger partial charge in [0, 0.05) is 11.8 Å². The highest BCUT2D eigenvalue weighted by atomic mass is 32.3. The molecule has 1 N–H and O–H groups in total. The molecule has 1 spiro atoms. The van der Waals surface area contributed by atoms with Crippen LogP contribution < -0.4 is 0 Å². The second-order valence-corrected chi connectivity index (χ2v) is 12.7. The average molecular weight is 427 g/mol. The third-order valence-corrected chi connectivity index (χ3v) is 11.0. The third kappa shape index (κ3) is 2.41. The van der Waals surface area contributed by atoms with E-state index < -0.39 is 16.5 Å². The molecule has 5 fully saturated rings. The molecule has 164 valence electrons. The molecule has 0 bridgehead atoms. The Morgan fingerprint density at radius 3 is 2.31 bits per heavy atom. The zero-order valence-electron chi connectivity index (χ0n) is 18.0. The Hall–Kier alpha value is -0.660. The second-order valence-electron chi connectivity index (χ2n) is 11.7. The fourth-order valence-electron chi connectivity index (χ4n) is 9.33. The number of hydrogen-bond donors (Lipinski definition) is 1. The van der Waals surface area contributed by atoms with Crippen LogP contribution in [-0.2, 0) is 24.1 Å². The lowest BCUT2D eigenvalue weighted by Crippen LogP contribution is -2.57. The van der Waals surface area contributed by atoms with Gasteiger partial charge in [-0.05, 0) is 86.4 Å². The molecule has 0 aromatic rings. The number of rotatable bonds is 3. The van der Waals surface area contributed by atoms with Crippen molar-refractivity contribution in [3.63, 3.8) is 0 Å². The molecule has 5 aliphatic rings. The van der Waals surface area contributed by atoms with Crippen molar-refractivity contribution < 1.29 is 26.7 Å². The van der Waals surface area contributed by atoms with Gasteiger partial charge in [0.1, 0.15) is 5.60 Å². The lowest BCUT2D eigenvalue weighted by Gasteiger charge is -2.61. The van der Waals surface area contributed by atoms with Gasteiger partial charge >= 0.3 is 16.4 Å². The Labute approximate surface area is 174 Å². The van der Waals surface area contributed by atoms with Gasteiger partial charge in [-0.2, -0.15) is 8.42 Å². The monoisotopic (exact) mass is 426 g/mol. The maximum Gasteiger partial charge on any atom is 0.397 e. The van der Waals surface area contributed by atoms with Crippen LogP contribution in [0.5, 0.6) is 0 Å². The Kier molecular flexibility index (Phi) is 3.89. The van der Waals surface area contributed by atoms with Crippen molar-refractivity contribution in [1.82, 2.24) is 0 Å². The fraction of sp³-hybridized carbons (Fsp3) is 0.955. The topological polar surface area (TPSA) is 89.9 Å². The van der Waals surface area contributed by atoms with Crippen LogP contribution in [0, 0.1) is 33.5 Å². The highest BCUT2D eigenvalue weighted by Gasteiger charge is 2.84. The molecule has 0 aromatic carbocycles. The molecular weight excluding hydrogens is 392 g/mol. The quantitative estimate of drug-likeness (QED) is 0.535. The van der Waals surface area contributed by atoms with Gasteiger partial charge in [0.15, 0.2) is 0 Å². The first-order chi connectivity index (χ1) is 13.3. The molecule has 0 aromatic heterocycles. The van der Waals surface area contributed by atoms with E-state index >= 15 is 0 Å². The standard InChI is InChI=1S/C22H34O6S/c1-18(2)14-5-11-21-13-22(21,20(4)10-8-17(23)27-20)12-6-15(21)19(14,3)9-7-16(18)28-29(24,25)26/h14-16H,5-13H2,1-4H3,(H,24,25,26)/t14?,15?,16?,19?,20?,21-,22?/m1/s1. The van der Waals surface area contributed by atoms with Crippen LogP contribution in [0.2, 0.25) is 0 Å². The van der Waals surface area contributed by atoms with E-state index in [9.17, 15) is 17.8 Å². The van der Waals surface area contributed by atoms with Crippen molar-refractivity contribution in [2.45, 2.75) is 97.2 Å². The summed E-state index contributed by atoms with van der Waals surface area (Å²) in [7, 11) is -4.46. The van der Waals surface area contributed by atoms with E-state index in [0.29, 0.717) is 24.7 Å². The fourth-order valence-corrected chi connectivity index (χ4v) is 9.97. The van der Waals surface area contributed by atoms with Crippen LogP contribution in [0.1, 0.15) is 85.5 Å². The van der Waals surface area contributed by atoms with E-state index in [0.717, 1.165) is 32.1 Å². The molecule has 29 heavy (non-hydrogen) atoms. The SMILES string of the molecule is CC1(C)C(OS(=O)(=O)O)CCC2(C)C1CC[C@]13CC1(C1(C)CCC(=O)O1)CCC23. The number of carbonyl (C=O) groups excluding carboxylic acids is 1. The van der Waals surface area contributed by atoms with Gasteiger partial charge in [0.25, 0.3) is 0 Å². The van der Waals surface area contributed by atoms with Gasteiger partial charge < -0.3 is 4.74 Å². The van der Waals surface area contributed by atoms with Crippen LogP contribution in [0.25, 0.3) is 0 Å². The van der Waals surface area contributed by atoms with Crippen molar-refractivity contribution >= 4 is 16.4 Å². The third-order valence-electron chi connectivity index (χ3n) is 10.5. The zero-order valence-corrected chi connectivity index (χ0v) is 18.8. The predicted octanol–water partition coefficient (Wildman–Crippen LogP) is 4.29. The summed E-state index contributed by atoms with van der Waals surface area (Å²) in [6.07, 6.45) is 8.09. The maximum absolute atomic E-state index is 12.0. The van der Waals surface area contributed by atoms with E-state index in [-0.39, 0.29) is 33.2 Å². The lowest BCUT2D eigenvalue weighted by molar-refractivity contribution is -0.161. The normalized spacial score (nSPS) is 53.0. The molecule has 4 aliphatic carbocycles. The van der Waals surface area contributed by atoms with E-state index in [1.54, 1.807) is 0 Å². The van der Waals surface area contributed by atoms with E-state index in [2.05, 4.69) is 27.7 Å². The molecule has 1 saturated heterocycles. The van der Waals surface area contributed by atoms with E-state index in [1.165, 1.54) is 12.8 Å². The summed E-state index contributed by atoms with van der Waals surface area (Å²) in [6, 6.07) is 0. The Morgan fingerprint density at radius 1 is 1.00 bits per heavy atom. The summed E-state index contributed by atoms with van der Waals surface area (Å²) in [6.45, 7) is 8.80. The van der Waals surface area contributed by atoms with Crippen molar-refractivity contribution in [1.29, 1.82) is 0 Å². The van der Waals surface area contributed by atoms with Gasteiger partial charge in [-0.1, -0.05) is 20.8 Å². The molecule has 6 nitrogen and oxygen atoms in total. The van der Waals surface area contributed by atoms with E-state index in [1.807, 2.05) is 0 Å². The first-order valence-electron chi connectivity index (χ1n) is 11.2. The Bertz CT molecular complexity index is 867. The zero-order chi connectivity index (χ0) is 21.1. The summed E-state index contributed by atoms with van der Waals surface area (Å²) < 4.78 is 43.2. The molecule has 5 rings (SSSR count). The number of fused-ring (bicyclic) bond motifs is 2. The number of hydrogen-bond acceptors (Lipinski definition) is 5. The van der Waals surface area contributed by atoms with Gasteiger partial charge in [-0.25, -0.2) is 4.18 Å². The van der Waals surface area contributed by atoms with Crippen LogP contribution in [0.4, 0.5) is 0 Å². The smallest absolute Gasteiger partial charge is 0.397 e. The van der Waals surface area contributed by atoms with Crippen LogP contribution >= 0.6 is 0 Å². The molecule has 0 radical (unpaired) electrons. The van der Waals surface area contributed by atoms with Gasteiger partial charge in [0.2, 0.25) is 0 Å². The molecular formula is C22H34O6S. The first kappa shape index (κ1) is 20.3. The largest absolute Gasteiger partial charge is 0.459 e. The predicted molar refractivity (Wildman–Crippen MR) is 106 cm³/mol. The summed E-state index contributed by atoms with van der Waals surface area (Å²) in [5.41, 5.74) is -0.115. The van der Waals surface area contributed by atoms with Crippen molar-refractivity contribution in [2.24, 2.45) is 33.5 Å². The Morgan fingerprint density at radius 2 is 1.69 bits per heavy atom.